The van der Waals surface area contributed by atoms with E-state index in [1.807, 2.05) is 45.9 Å². The first-order chi connectivity index (χ1) is 12.3. The normalized spacial score (nSPS) is 17.6. The van der Waals surface area contributed by atoms with E-state index in [2.05, 4.69) is 9.97 Å². The molecule has 0 N–H and O–H groups in total. The van der Waals surface area contributed by atoms with Crippen molar-refractivity contribution in [3.63, 3.8) is 0 Å². The lowest BCUT2D eigenvalue weighted by molar-refractivity contribution is -0.134. The number of piperidine rings is 1. The van der Waals surface area contributed by atoms with Gasteiger partial charge in [-0.1, -0.05) is 12.1 Å². The van der Waals surface area contributed by atoms with E-state index >= 15 is 0 Å². The smallest absolute Gasteiger partial charge is 0.242 e. The van der Waals surface area contributed by atoms with Crippen LogP contribution in [0.2, 0.25) is 0 Å². The molecule has 0 saturated carbocycles. The van der Waals surface area contributed by atoms with Crippen LogP contribution in [0.25, 0.3) is 11.0 Å². The van der Waals surface area contributed by atoms with Crippen molar-refractivity contribution in [2.75, 3.05) is 13.1 Å². The summed E-state index contributed by atoms with van der Waals surface area (Å²) in [4.78, 5) is 23.0. The van der Waals surface area contributed by atoms with Crippen molar-refractivity contribution in [3.8, 4) is 5.75 Å². The highest BCUT2D eigenvalue weighted by Crippen LogP contribution is 2.19. The molecule has 6 heteroatoms. The fourth-order valence-electron chi connectivity index (χ4n) is 3.25. The number of hydrogen-bond acceptors (Lipinski definition) is 4. The van der Waals surface area contributed by atoms with E-state index in [4.69, 9.17) is 4.74 Å². The Morgan fingerprint density at radius 1 is 1.20 bits per heavy atom. The van der Waals surface area contributed by atoms with Crippen LogP contribution in [0.15, 0.2) is 55.1 Å². The van der Waals surface area contributed by atoms with Gasteiger partial charge < -0.3 is 14.2 Å². The number of nitrogens with zero attached hydrogens (tertiary/aromatic N) is 4. The van der Waals surface area contributed by atoms with E-state index < -0.39 is 0 Å². The molecule has 6 nitrogen and oxygen atoms in total. The average molecular weight is 336 g/mol. The number of carbonyl (C=O) groups excluding carboxylic acids is 1. The molecule has 3 heterocycles. The van der Waals surface area contributed by atoms with Gasteiger partial charge in [-0.05, 0) is 37.1 Å². The van der Waals surface area contributed by atoms with Crippen LogP contribution >= 0.6 is 0 Å². The molecule has 1 unspecified atom stereocenters. The van der Waals surface area contributed by atoms with Gasteiger partial charge in [-0.15, -0.1) is 0 Å². The Morgan fingerprint density at radius 3 is 2.92 bits per heavy atom. The van der Waals surface area contributed by atoms with Crippen molar-refractivity contribution in [1.29, 1.82) is 0 Å². The van der Waals surface area contributed by atoms with Gasteiger partial charge in [0.25, 0.3) is 0 Å². The number of imidazole rings is 1. The van der Waals surface area contributed by atoms with Gasteiger partial charge >= 0.3 is 0 Å². The molecular formula is C19H20N4O2. The van der Waals surface area contributed by atoms with E-state index in [0.717, 1.165) is 36.2 Å². The minimum Gasteiger partial charge on any atom is -0.488 e. The van der Waals surface area contributed by atoms with Crippen molar-refractivity contribution in [1.82, 2.24) is 19.4 Å². The molecule has 0 bridgehead atoms. The fourth-order valence-corrected chi connectivity index (χ4v) is 3.25. The predicted molar refractivity (Wildman–Crippen MR) is 94.2 cm³/mol. The molecule has 1 aromatic carbocycles. The van der Waals surface area contributed by atoms with Crippen molar-refractivity contribution in [2.45, 2.75) is 25.5 Å². The Morgan fingerprint density at radius 2 is 2.04 bits per heavy atom. The molecule has 1 aliphatic heterocycles. The third kappa shape index (κ3) is 3.47. The zero-order valence-corrected chi connectivity index (χ0v) is 13.9. The van der Waals surface area contributed by atoms with Crippen molar-refractivity contribution in [2.24, 2.45) is 0 Å². The number of carbonyl (C=O) groups is 1. The number of likely N-dealkylation sites (tertiary alicyclic amines) is 1. The number of amides is 1. The van der Waals surface area contributed by atoms with Gasteiger partial charge in [0.05, 0.1) is 23.9 Å². The monoisotopic (exact) mass is 336 g/mol. The lowest BCUT2D eigenvalue weighted by Gasteiger charge is -2.33. The first-order valence-corrected chi connectivity index (χ1v) is 8.54. The summed E-state index contributed by atoms with van der Waals surface area (Å²) < 4.78 is 7.90. The van der Waals surface area contributed by atoms with E-state index in [0.29, 0.717) is 13.1 Å². The lowest BCUT2D eigenvalue weighted by Crippen LogP contribution is -2.45. The van der Waals surface area contributed by atoms with Gasteiger partial charge in [-0.25, -0.2) is 4.98 Å². The number of benzene rings is 1. The molecule has 1 fully saturated rings. The molecule has 25 heavy (non-hydrogen) atoms. The Bertz CT molecular complexity index is 862. The molecule has 0 radical (unpaired) electrons. The van der Waals surface area contributed by atoms with Crippen LogP contribution in [-0.2, 0) is 11.3 Å². The summed E-state index contributed by atoms with van der Waals surface area (Å²) in [5.41, 5.74) is 1.89. The Labute approximate surface area is 146 Å². The topological polar surface area (TPSA) is 60.2 Å². The molecule has 1 amide bonds. The zero-order valence-electron chi connectivity index (χ0n) is 13.9. The molecular weight excluding hydrogens is 316 g/mol. The lowest BCUT2D eigenvalue weighted by atomic mass is 10.1. The number of rotatable bonds is 4. The SMILES string of the molecule is O=C(Cn1cnc2ccccc21)N1CCCC(Oc2ccncc2)C1. The van der Waals surface area contributed by atoms with Crippen molar-refractivity contribution in [3.05, 3.63) is 55.1 Å². The number of aromatic nitrogens is 3. The van der Waals surface area contributed by atoms with Gasteiger partial charge in [-0.3, -0.25) is 9.78 Å². The quantitative estimate of drug-likeness (QED) is 0.734. The van der Waals surface area contributed by atoms with Crippen LogP contribution in [0, 0.1) is 0 Å². The molecule has 0 aliphatic carbocycles. The molecule has 1 aliphatic rings. The first-order valence-electron chi connectivity index (χ1n) is 8.54. The molecule has 128 valence electrons. The second-order valence-electron chi connectivity index (χ2n) is 6.27. The van der Waals surface area contributed by atoms with Crippen LogP contribution in [-0.4, -0.2) is 44.5 Å². The average Bonchev–Trinajstić information content (AvgIpc) is 3.06. The Balaban J connectivity index is 1.41. The second-order valence-corrected chi connectivity index (χ2v) is 6.27. The summed E-state index contributed by atoms with van der Waals surface area (Å²) in [6, 6.07) is 11.5. The van der Waals surface area contributed by atoms with Crippen LogP contribution in [0.4, 0.5) is 0 Å². The molecule has 3 aromatic rings. The molecule has 1 atom stereocenters. The number of fused-ring (bicyclic) bond motifs is 1. The van der Waals surface area contributed by atoms with E-state index in [1.54, 1.807) is 18.7 Å². The minimum atomic E-state index is 0.0274. The number of para-hydroxylation sites is 2. The Hall–Kier alpha value is -2.89. The maximum absolute atomic E-state index is 12.7. The van der Waals surface area contributed by atoms with Crippen LogP contribution in [0.5, 0.6) is 5.75 Å². The summed E-state index contributed by atoms with van der Waals surface area (Å²) in [7, 11) is 0. The fraction of sp³-hybridized carbons (Fsp3) is 0.316. The maximum atomic E-state index is 12.7. The summed E-state index contributed by atoms with van der Waals surface area (Å²) in [6.07, 6.45) is 7.10. The Kier molecular flexibility index (Phi) is 4.33. The van der Waals surface area contributed by atoms with Gasteiger partial charge in [0.2, 0.25) is 5.91 Å². The van der Waals surface area contributed by atoms with Gasteiger partial charge in [0, 0.05) is 18.9 Å². The van der Waals surface area contributed by atoms with Crippen molar-refractivity contribution >= 4 is 16.9 Å². The van der Waals surface area contributed by atoms with E-state index in [1.165, 1.54) is 0 Å². The van der Waals surface area contributed by atoms with Crippen LogP contribution in [0.1, 0.15) is 12.8 Å². The highest BCUT2D eigenvalue weighted by molar-refractivity contribution is 5.80. The maximum Gasteiger partial charge on any atom is 0.242 e. The number of pyridine rings is 1. The largest absolute Gasteiger partial charge is 0.488 e. The summed E-state index contributed by atoms with van der Waals surface area (Å²) in [6.45, 7) is 1.71. The molecule has 0 spiro atoms. The standard InChI is InChI=1S/C19H20N4O2/c24-19(13-23-14-21-17-5-1-2-6-18(17)23)22-11-3-4-16(12-22)25-15-7-9-20-10-8-15/h1-2,5-10,14,16H,3-4,11-13H2. The van der Waals surface area contributed by atoms with Gasteiger partial charge in [-0.2, -0.15) is 0 Å². The third-order valence-corrected chi connectivity index (χ3v) is 4.52. The minimum absolute atomic E-state index is 0.0274. The van der Waals surface area contributed by atoms with E-state index in [9.17, 15) is 4.79 Å². The summed E-state index contributed by atoms with van der Waals surface area (Å²) >= 11 is 0. The molecule has 2 aromatic heterocycles. The van der Waals surface area contributed by atoms with Gasteiger partial charge in [0.15, 0.2) is 0 Å². The first kappa shape index (κ1) is 15.6. The van der Waals surface area contributed by atoms with Crippen LogP contribution < -0.4 is 4.74 Å². The predicted octanol–water partition coefficient (Wildman–Crippen LogP) is 2.50. The molecule has 4 rings (SSSR count). The zero-order chi connectivity index (χ0) is 17.1. The second kappa shape index (κ2) is 6.93. The number of ether oxygens (including phenoxy) is 1. The number of hydrogen-bond donors (Lipinski definition) is 0. The highest BCUT2D eigenvalue weighted by Gasteiger charge is 2.25. The van der Waals surface area contributed by atoms with E-state index in [-0.39, 0.29) is 12.0 Å². The summed E-state index contributed by atoms with van der Waals surface area (Å²) in [5.74, 6) is 0.904. The van der Waals surface area contributed by atoms with Gasteiger partial charge in [0.1, 0.15) is 18.4 Å². The summed E-state index contributed by atoms with van der Waals surface area (Å²) in [5, 5.41) is 0. The highest BCUT2D eigenvalue weighted by atomic mass is 16.5. The van der Waals surface area contributed by atoms with Crippen LogP contribution in [0.3, 0.4) is 0 Å². The van der Waals surface area contributed by atoms with Crippen molar-refractivity contribution < 1.29 is 9.53 Å². The molecule has 1 saturated heterocycles. The third-order valence-electron chi connectivity index (χ3n) is 4.52.